The van der Waals surface area contributed by atoms with E-state index >= 15 is 0 Å². The van der Waals surface area contributed by atoms with Gasteiger partial charge in [0.2, 0.25) is 0 Å². The largest absolute Gasteiger partial charge is 0.480 e. The summed E-state index contributed by atoms with van der Waals surface area (Å²) < 4.78 is 5.24. The second kappa shape index (κ2) is 5.83. The second-order valence-corrected chi connectivity index (χ2v) is 4.76. The van der Waals surface area contributed by atoms with Gasteiger partial charge in [-0.15, -0.1) is 0 Å². The van der Waals surface area contributed by atoms with Crippen molar-refractivity contribution in [3.05, 3.63) is 35.7 Å². The lowest BCUT2D eigenvalue weighted by atomic mass is 10.1. The standard InChI is InChI=1S/C14H17N3O3/c1-9-6-4-5-7-11(9)13-15-12(16-20-13)8-17(3)10(2)14(18)19/h4-7,10H,8H2,1-3H3,(H,18,19)/t10-/m1/s1. The van der Waals surface area contributed by atoms with E-state index in [9.17, 15) is 4.79 Å². The van der Waals surface area contributed by atoms with Crippen molar-refractivity contribution in [2.24, 2.45) is 0 Å². The quantitative estimate of drug-likeness (QED) is 0.898. The van der Waals surface area contributed by atoms with Gasteiger partial charge in [-0.05, 0) is 32.5 Å². The molecule has 1 aromatic carbocycles. The monoisotopic (exact) mass is 275 g/mol. The number of aliphatic carboxylic acids is 1. The first kappa shape index (κ1) is 14.2. The van der Waals surface area contributed by atoms with Gasteiger partial charge in [0.1, 0.15) is 6.04 Å². The maximum absolute atomic E-state index is 10.9. The van der Waals surface area contributed by atoms with Crippen LogP contribution in [0, 0.1) is 6.92 Å². The van der Waals surface area contributed by atoms with Crippen LogP contribution in [0.2, 0.25) is 0 Å². The lowest BCUT2D eigenvalue weighted by Crippen LogP contribution is -2.35. The molecule has 2 rings (SSSR count). The lowest BCUT2D eigenvalue weighted by molar-refractivity contribution is -0.142. The van der Waals surface area contributed by atoms with Crippen molar-refractivity contribution in [2.75, 3.05) is 7.05 Å². The fourth-order valence-electron chi connectivity index (χ4n) is 1.79. The third-order valence-electron chi connectivity index (χ3n) is 3.25. The summed E-state index contributed by atoms with van der Waals surface area (Å²) in [4.78, 5) is 16.9. The van der Waals surface area contributed by atoms with Crippen LogP contribution >= 0.6 is 0 Å². The highest BCUT2D eigenvalue weighted by Crippen LogP contribution is 2.21. The van der Waals surface area contributed by atoms with Crippen LogP contribution in [0.15, 0.2) is 28.8 Å². The van der Waals surface area contributed by atoms with Gasteiger partial charge < -0.3 is 9.63 Å². The van der Waals surface area contributed by atoms with Gasteiger partial charge in [0.15, 0.2) is 5.82 Å². The number of hydrogen-bond acceptors (Lipinski definition) is 5. The highest BCUT2D eigenvalue weighted by atomic mass is 16.5. The number of likely N-dealkylation sites (N-methyl/N-ethyl adjacent to an activating group) is 1. The molecule has 0 fully saturated rings. The molecule has 0 aliphatic carbocycles. The third-order valence-corrected chi connectivity index (χ3v) is 3.25. The molecule has 20 heavy (non-hydrogen) atoms. The number of carboxylic acid groups (broad SMARTS) is 1. The normalized spacial score (nSPS) is 12.6. The molecular weight excluding hydrogens is 258 g/mol. The molecule has 1 aromatic heterocycles. The van der Waals surface area contributed by atoms with Crippen molar-refractivity contribution in [2.45, 2.75) is 26.4 Å². The lowest BCUT2D eigenvalue weighted by Gasteiger charge is -2.18. The first-order chi connectivity index (χ1) is 9.49. The average Bonchev–Trinajstić information content (AvgIpc) is 2.86. The zero-order valence-electron chi connectivity index (χ0n) is 11.7. The van der Waals surface area contributed by atoms with Crippen molar-refractivity contribution >= 4 is 5.97 Å². The highest BCUT2D eigenvalue weighted by Gasteiger charge is 2.19. The number of carboxylic acids is 1. The van der Waals surface area contributed by atoms with E-state index in [0.717, 1.165) is 11.1 Å². The summed E-state index contributed by atoms with van der Waals surface area (Å²) in [5.74, 6) is 0.0449. The molecule has 0 saturated heterocycles. The van der Waals surface area contributed by atoms with Crippen LogP contribution in [0.1, 0.15) is 18.3 Å². The number of hydrogen-bond donors (Lipinski definition) is 1. The van der Waals surface area contributed by atoms with E-state index in [2.05, 4.69) is 10.1 Å². The Morgan fingerprint density at radius 3 is 2.80 bits per heavy atom. The molecule has 0 aliphatic heterocycles. The maximum Gasteiger partial charge on any atom is 0.320 e. The molecule has 1 heterocycles. The van der Waals surface area contributed by atoms with Crippen LogP contribution in [0.5, 0.6) is 0 Å². The van der Waals surface area contributed by atoms with Crippen molar-refractivity contribution in [1.82, 2.24) is 15.0 Å². The first-order valence-electron chi connectivity index (χ1n) is 6.30. The summed E-state index contributed by atoms with van der Waals surface area (Å²) in [5, 5.41) is 12.8. The van der Waals surface area contributed by atoms with Crippen molar-refractivity contribution in [1.29, 1.82) is 0 Å². The summed E-state index contributed by atoms with van der Waals surface area (Å²) in [7, 11) is 1.71. The number of rotatable bonds is 5. The highest BCUT2D eigenvalue weighted by molar-refractivity contribution is 5.72. The number of carbonyl (C=O) groups is 1. The van der Waals surface area contributed by atoms with Crippen LogP contribution < -0.4 is 0 Å². The Balaban J connectivity index is 2.14. The van der Waals surface area contributed by atoms with Gasteiger partial charge in [-0.1, -0.05) is 23.4 Å². The van der Waals surface area contributed by atoms with Crippen LogP contribution in [0.25, 0.3) is 11.5 Å². The van der Waals surface area contributed by atoms with E-state index < -0.39 is 12.0 Å². The molecule has 0 saturated carbocycles. The smallest absolute Gasteiger partial charge is 0.320 e. The van der Waals surface area contributed by atoms with Crippen molar-refractivity contribution in [3.63, 3.8) is 0 Å². The van der Waals surface area contributed by atoms with E-state index in [1.807, 2.05) is 31.2 Å². The molecule has 1 N–H and O–H groups in total. The Bertz CT molecular complexity index is 609. The fourth-order valence-corrected chi connectivity index (χ4v) is 1.79. The van der Waals surface area contributed by atoms with Gasteiger partial charge >= 0.3 is 5.97 Å². The fraction of sp³-hybridized carbons (Fsp3) is 0.357. The molecule has 0 amide bonds. The van der Waals surface area contributed by atoms with Gasteiger partial charge in [0.25, 0.3) is 5.89 Å². The molecule has 0 radical (unpaired) electrons. The number of aryl methyl sites for hydroxylation is 1. The molecular formula is C14H17N3O3. The molecule has 0 bridgehead atoms. The zero-order chi connectivity index (χ0) is 14.7. The van der Waals surface area contributed by atoms with Gasteiger partial charge in [-0.3, -0.25) is 9.69 Å². The Morgan fingerprint density at radius 1 is 1.45 bits per heavy atom. The van der Waals surface area contributed by atoms with Gasteiger partial charge in [0.05, 0.1) is 6.54 Å². The molecule has 0 spiro atoms. The Kier molecular flexibility index (Phi) is 4.14. The number of nitrogens with zero attached hydrogens (tertiary/aromatic N) is 3. The number of aromatic nitrogens is 2. The molecule has 6 nitrogen and oxygen atoms in total. The summed E-state index contributed by atoms with van der Waals surface area (Å²) in [6.07, 6.45) is 0. The second-order valence-electron chi connectivity index (χ2n) is 4.76. The molecule has 106 valence electrons. The van der Waals surface area contributed by atoms with E-state index in [0.29, 0.717) is 18.3 Å². The molecule has 0 unspecified atom stereocenters. The molecule has 6 heteroatoms. The minimum atomic E-state index is -0.880. The first-order valence-corrected chi connectivity index (χ1v) is 6.30. The minimum absolute atomic E-state index is 0.322. The van der Waals surface area contributed by atoms with Crippen molar-refractivity contribution < 1.29 is 14.4 Å². The number of benzene rings is 1. The predicted octanol–water partition coefficient (Wildman–Crippen LogP) is 1.95. The maximum atomic E-state index is 10.9. The zero-order valence-corrected chi connectivity index (χ0v) is 11.7. The van der Waals surface area contributed by atoms with E-state index in [1.165, 1.54) is 0 Å². The Labute approximate surface area is 117 Å². The van der Waals surface area contributed by atoms with Gasteiger partial charge in [0, 0.05) is 5.56 Å². The molecule has 0 aliphatic rings. The summed E-state index contributed by atoms with van der Waals surface area (Å²) >= 11 is 0. The van der Waals surface area contributed by atoms with Crippen LogP contribution in [-0.2, 0) is 11.3 Å². The van der Waals surface area contributed by atoms with Gasteiger partial charge in [-0.2, -0.15) is 4.98 Å². The predicted molar refractivity (Wildman–Crippen MR) is 73.0 cm³/mol. The third kappa shape index (κ3) is 3.03. The SMILES string of the molecule is Cc1ccccc1-c1nc(CN(C)[C@H](C)C(=O)O)no1. The van der Waals surface area contributed by atoms with Crippen LogP contribution in [0.4, 0.5) is 0 Å². The summed E-state index contributed by atoms with van der Waals surface area (Å²) in [6.45, 7) is 3.91. The van der Waals surface area contributed by atoms with Gasteiger partial charge in [-0.25, -0.2) is 0 Å². The summed E-state index contributed by atoms with van der Waals surface area (Å²) in [6, 6.07) is 7.13. The topological polar surface area (TPSA) is 79.5 Å². The van der Waals surface area contributed by atoms with E-state index in [1.54, 1.807) is 18.9 Å². The van der Waals surface area contributed by atoms with Crippen molar-refractivity contribution in [3.8, 4) is 11.5 Å². The Morgan fingerprint density at radius 2 is 2.15 bits per heavy atom. The molecule has 2 aromatic rings. The minimum Gasteiger partial charge on any atom is -0.480 e. The molecule has 1 atom stereocenters. The summed E-state index contributed by atoms with van der Waals surface area (Å²) in [5.41, 5.74) is 1.94. The van der Waals surface area contributed by atoms with E-state index in [4.69, 9.17) is 9.63 Å². The average molecular weight is 275 g/mol. The van der Waals surface area contributed by atoms with Crippen LogP contribution in [-0.4, -0.2) is 39.2 Å². The van der Waals surface area contributed by atoms with Crippen LogP contribution in [0.3, 0.4) is 0 Å². The van der Waals surface area contributed by atoms with E-state index in [-0.39, 0.29) is 0 Å². The Hall–Kier alpha value is -2.21.